The van der Waals surface area contributed by atoms with Gasteiger partial charge in [-0.15, -0.1) is 0 Å². The summed E-state index contributed by atoms with van der Waals surface area (Å²) in [5, 5.41) is 3.66. The van der Waals surface area contributed by atoms with Gasteiger partial charge < -0.3 is 9.47 Å². The monoisotopic (exact) mass is 387 g/mol. The Morgan fingerprint density at radius 2 is 2.39 bits per heavy atom. The SMILES string of the molecule is Cc1cn([C@H]2CC(N=[N+]=[N-])[C@@H](COC(=O)CBr)O2)c(=O)[nH]c1=O. The number of ether oxygens (including phenoxy) is 2. The lowest BCUT2D eigenvalue weighted by atomic mass is 10.1. The number of nitrogens with zero attached hydrogens (tertiary/aromatic N) is 4. The van der Waals surface area contributed by atoms with E-state index in [9.17, 15) is 14.4 Å². The first-order valence-electron chi connectivity index (χ1n) is 6.69. The number of rotatable bonds is 5. The van der Waals surface area contributed by atoms with Crippen LogP contribution < -0.4 is 11.2 Å². The molecule has 0 aromatic carbocycles. The normalized spacial score (nSPS) is 23.3. The molecule has 1 aliphatic heterocycles. The molecule has 23 heavy (non-hydrogen) atoms. The van der Waals surface area contributed by atoms with Crippen LogP contribution >= 0.6 is 15.9 Å². The van der Waals surface area contributed by atoms with E-state index in [1.807, 2.05) is 0 Å². The van der Waals surface area contributed by atoms with Gasteiger partial charge in [0.05, 0.1) is 6.04 Å². The van der Waals surface area contributed by atoms with E-state index < -0.39 is 35.6 Å². The van der Waals surface area contributed by atoms with Crippen LogP contribution in [0.25, 0.3) is 10.4 Å². The molecule has 0 radical (unpaired) electrons. The topological polar surface area (TPSA) is 139 Å². The molecule has 10 nitrogen and oxygen atoms in total. The second-order valence-corrected chi connectivity index (χ2v) is 5.49. The Labute approximate surface area is 138 Å². The average molecular weight is 388 g/mol. The quantitative estimate of drug-likeness (QED) is 0.261. The summed E-state index contributed by atoms with van der Waals surface area (Å²) in [7, 11) is 0. The predicted molar refractivity (Wildman–Crippen MR) is 82.3 cm³/mol. The summed E-state index contributed by atoms with van der Waals surface area (Å²) in [6, 6.07) is -0.591. The van der Waals surface area contributed by atoms with Crippen molar-refractivity contribution < 1.29 is 14.3 Å². The number of nitrogens with one attached hydrogen (secondary N) is 1. The summed E-state index contributed by atoms with van der Waals surface area (Å²) >= 11 is 2.97. The molecular formula is C12H14BrN5O5. The van der Waals surface area contributed by atoms with E-state index in [0.29, 0.717) is 5.56 Å². The van der Waals surface area contributed by atoms with Crippen molar-refractivity contribution >= 4 is 21.9 Å². The second-order valence-electron chi connectivity index (χ2n) is 4.93. The van der Waals surface area contributed by atoms with E-state index >= 15 is 0 Å². The number of hydrogen-bond acceptors (Lipinski definition) is 6. The molecule has 3 atom stereocenters. The lowest BCUT2D eigenvalue weighted by molar-refractivity contribution is -0.145. The smallest absolute Gasteiger partial charge is 0.330 e. The highest BCUT2D eigenvalue weighted by atomic mass is 79.9. The Bertz CT molecular complexity index is 753. The number of aromatic amines is 1. The van der Waals surface area contributed by atoms with Gasteiger partial charge >= 0.3 is 11.7 Å². The molecule has 0 saturated carbocycles. The van der Waals surface area contributed by atoms with E-state index in [2.05, 4.69) is 30.9 Å². The Balaban J connectivity index is 2.21. The van der Waals surface area contributed by atoms with Gasteiger partial charge in [0.25, 0.3) is 5.56 Å². The van der Waals surface area contributed by atoms with E-state index in [-0.39, 0.29) is 18.4 Å². The van der Waals surface area contributed by atoms with Gasteiger partial charge in [-0.2, -0.15) is 0 Å². The first-order valence-corrected chi connectivity index (χ1v) is 7.81. The highest BCUT2D eigenvalue weighted by Gasteiger charge is 2.37. The van der Waals surface area contributed by atoms with E-state index in [0.717, 1.165) is 0 Å². The molecular weight excluding hydrogens is 374 g/mol. The number of H-pyrrole nitrogens is 1. The summed E-state index contributed by atoms with van der Waals surface area (Å²) in [5.41, 5.74) is 7.89. The Morgan fingerprint density at radius 3 is 3.04 bits per heavy atom. The third-order valence-electron chi connectivity index (χ3n) is 3.38. The van der Waals surface area contributed by atoms with Crippen LogP contribution in [0.4, 0.5) is 0 Å². The molecule has 0 aliphatic carbocycles. The molecule has 124 valence electrons. The van der Waals surface area contributed by atoms with Gasteiger partial charge in [-0.05, 0) is 12.5 Å². The molecule has 1 N–H and O–H groups in total. The van der Waals surface area contributed by atoms with Crippen LogP contribution in [0.2, 0.25) is 0 Å². The van der Waals surface area contributed by atoms with Gasteiger partial charge in [0.2, 0.25) is 0 Å². The zero-order valence-corrected chi connectivity index (χ0v) is 13.7. The molecule has 0 bridgehead atoms. The van der Waals surface area contributed by atoms with Crippen LogP contribution in [0, 0.1) is 6.92 Å². The lowest BCUT2D eigenvalue weighted by Gasteiger charge is -2.16. The maximum absolute atomic E-state index is 11.9. The maximum Gasteiger partial charge on any atom is 0.330 e. The molecule has 2 heterocycles. The van der Waals surface area contributed by atoms with Crippen LogP contribution in [0.1, 0.15) is 18.2 Å². The van der Waals surface area contributed by atoms with Gasteiger partial charge in [-0.25, -0.2) is 4.79 Å². The van der Waals surface area contributed by atoms with Crippen LogP contribution in [0.5, 0.6) is 0 Å². The molecule has 1 aromatic heterocycles. The Kier molecular flexibility index (Phi) is 5.59. The standard InChI is InChI=1S/C12H14BrN5O5/c1-6-4-18(12(21)15-11(6)20)9-2-7(16-17-14)8(23-9)5-22-10(19)3-13/h4,7-9H,2-3,5H2,1H3,(H,15,20,21)/t7?,8-,9-/m1/s1. The highest BCUT2D eigenvalue weighted by Crippen LogP contribution is 2.30. The van der Waals surface area contributed by atoms with Crippen molar-refractivity contribution in [2.45, 2.75) is 31.7 Å². The Morgan fingerprint density at radius 1 is 1.65 bits per heavy atom. The zero-order chi connectivity index (χ0) is 17.0. The van der Waals surface area contributed by atoms with Crippen LogP contribution in [-0.4, -0.2) is 39.6 Å². The number of alkyl halides is 1. The van der Waals surface area contributed by atoms with Crippen molar-refractivity contribution in [3.05, 3.63) is 43.0 Å². The van der Waals surface area contributed by atoms with Crippen molar-refractivity contribution in [3.8, 4) is 0 Å². The fraction of sp³-hybridized carbons (Fsp3) is 0.583. The first-order chi connectivity index (χ1) is 11.0. The van der Waals surface area contributed by atoms with Gasteiger partial charge in [0.1, 0.15) is 24.3 Å². The molecule has 1 aliphatic rings. The first kappa shape index (κ1) is 17.3. The summed E-state index contributed by atoms with van der Waals surface area (Å²) in [6.45, 7) is 1.46. The summed E-state index contributed by atoms with van der Waals surface area (Å²) < 4.78 is 11.9. The molecule has 1 fully saturated rings. The molecule has 11 heteroatoms. The average Bonchev–Trinajstić information content (AvgIpc) is 2.91. The Hall–Kier alpha value is -2.10. The van der Waals surface area contributed by atoms with E-state index in [1.165, 1.54) is 10.8 Å². The minimum atomic E-state index is -0.721. The van der Waals surface area contributed by atoms with Gasteiger partial charge in [0.15, 0.2) is 0 Å². The predicted octanol–water partition coefficient (Wildman–Crippen LogP) is 0.750. The largest absolute Gasteiger partial charge is 0.462 e. The molecule has 1 saturated heterocycles. The fourth-order valence-electron chi connectivity index (χ4n) is 2.24. The van der Waals surface area contributed by atoms with Crippen LogP contribution in [0.3, 0.4) is 0 Å². The molecule has 1 unspecified atom stereocenters. The molecule has 2 rings (SSSR count). The minimum absolute atomic E-state index is 0.0356. The van der Waals surface area contributed by atoms with Crippen molar-refractivity contribution in [1.82, 2.24) is 9.55 Å². The number of carbonyl (C=O) groups is 1. The third-order valence-corrected chi connectivity index (χ3v) is 3.84. The minimum Gasteiger partial charge on any atom is -0.462 e. The van der Waals surface area contributed by atoms with Gasteiger partial charge in [-0.3, -0.25) is 19.1 Å². The maximum atomic E-state index is 11.9. The second kappa shape index (κ2) is 7.44. The van der Waals surface area contributed by atoms with Crippen LogP contribution in [0.15, 0.2) is 20.9 Å². The molecule has 1 aromatic rings. The number of esters is 1. The zero-order valence-electron chi connectivity index (χ0n) is 12.1. The molecule has 0 amide bonds. The summed E-state index contributed by atoms with van der Waals surface area (Å²) in [5.74, 6) is -0.478. The van der Waals surface area contributed by atoms with Gasteiger partial charge in [0, 0.05) is 23.1 Å². The highest BCUT2D eigenvalue weighted by molar-refractivity contribution is 9.09. The van der Waals surface area contributed by atoms with Crippen molar-refractivity contribution in [3.63, 3.8) is 0 Å². The van der Waals surface area contributed by atoms with Crippen molar-refractivity contribution in [2.24, 2.45) is 5.11 Å². The summed E-state index contributed by atoms with van der Waals surface area (Å²) in [6.07, 6.45) is 0.219. The number of azide groups is 1. The van der Waals surface area contributed by atoms with Crippen molar-refractivity contribution in [1.29, 1.82) is 0 Å². The number of carbonyl (C=O) groups excluding carboxylic acids is 1. The summed E-state index contributed by atoms with van der Waals surface area (Å²) in [4.78, 5) is 39.4. The number of aromatic nitrogens is 2. The number of hydrogen-bond donors (Lipinski definition) is 1. The lowest BCUT2D eigenvalue weighted by Crippen LogP contribution is -2.33. The fourth-order valence-corrected chi connectivity index (χ4v) is 2.40. The number of aryl methyl sites for hydroxylation is 1. The van der Waals surface area contributed by atoms with E-state index in [4.69, 9.17) is 15.0 Å². The van der Waals surface area contributed by atoms with Gasteiger partial charge in [-0.1, -0.05) is 21.0 Å². The third kappa shape index (κ3) is 4.01. The van der Waals surface area contributed by atoms with Crippen LogP contribution in [-0.2, 0) is 14.3 Å². The molecule has 0 spiro atoms. The van der Waals surface area contributed by atoms with E-state index in [1.54, 1.807) is 6.92 Å². The van der Waals surface area contributed by atoms with Crippen molar-refractivity contribution in [2.75, 3.05) is 11.9 Å². The number of halogens is 1.